The lowest BCUT2D eigenvalue weighted by molar-refractivity contribution is 0.479. The second kappa shape index (κ2) is 6.01. The van der Waals surface area contributed by atoms with Crippen LogP contribution >= 0.6 is 0 Å². The monoisotopic (exact) mass is 372 g/mol. The molecule has 0 amide bonds. The largest absolute Gasteiger partial charge is 0.507 e. The van der Waals surface area contributed by atoms with Gasteiger partial charge >= 0.3 is 0 Å². The summed E-state index contributed by atoms with van der Waals surface area (Å²) >= 11 is 0. The van der Waals surface area contributed by atoms with Crippen molar-refractivity contribution in [1.82, 2.24) is 0 Å². The van der Waals surface area contributed by atoms with E-state index < -0.39 is 0 Å². The van der Waals surface area contributed by atoms with Gasteiger partial charge in [0.15, 0.2) is 0 Å². The number of aromatic hydroxyl groups is 1. The lowest BCUT2D eigenvalue weighted by Crippen LogP contribution is -2.02. The Kier molecular flexibility index (Phi) is 3.32. The molecule has 0 saturated carbocycles. The Morgan fingerprint density at radius 1 is 0.586 bits per heavy atom. The molecular formula is C26H16N2O. The molecule has 5 aromatic carbocycles. The summed E-state index contributed by atoms with van der Waals surface area (Å²) in [4.78, 5) is 0. The molecule has 3 heteroatoms. The third kappa shape index (κ3) is 2.25. The van der Waals surface area contributed by atoms with Crippen LogP contribution in [-0.4, -0.2) is 5.11 Å². The van der Waals surface area contributed by atoms with E-state index in [0.29, 0.717) is 5.70 Å². The van der Waals surface area contributed by atoms with Gasteiger partial charge in [-0.2, -0.15) is 5.11 Å². The molecule has 1 aliphatic rings. The highest BCUT2D eigenvalue weighted by Gasteiger charge is 2.22. The standard InChI is InChI=1S/C26H16N2O/c29-26-21-15-7-9-16-8-6-14-20(22(16)21)23-18-12-4-5-13-19(18)25(24(23)26)28-27-17-10-2-1-3-11-17/h1-15,29H. The van der Waals surface area contributed by atoms with Crippen LogP contribution in [0.3, 0.4) is 0 Å². The summed E-state index contributed by atoms with van der Waals surface area (Å²) in [7, 11) is 0. The van der Waals surface area contributed by atoms with Crippen LogP contribution in [0.25, 0.3) is 27.2 Å². The van der Waals surface area contributed by atoms with Crippen LogP contribution in [0.2, 0.25) is 0 Å². The summed E-state index contributed by atoms with van der Waals surface area (Å²) in [5.41, 5.74) is 2.25. The van der Waals surface area contributed by atoms with Gasteiger partial charge in [-0.25, -0.2) is 0 Å². The lowest BCUT2D eigenvalue weighted by atomic mass is 9.94. The molecule has 136 valence electrons. The van der Waals surface area contributed by atoms with Crippen molar-refractivity contribution in [3.8, 4) is 5.75 Å². The zero-order chi connectivity index (χ0) is 19.4. The van der Waals surface area contributed by atoms with Gasteiger partial charge in [-0.1, -0.05) is 78.9 Å². The number of benzene rings is 5. The van der Waals surface area contributed by atoms with Gasteiger partial charge < -0.3 is 5.11 Å². The van der Waals surface area contributed by atoms with Gasteiger partial charge in [0, 0.05) is 21.2 Å². The summed E-state index contributed by atoms with van der Waals surface area (Å²) in [6.07, 6.45) is 0. The fourth-order valence-corrected chi connectivity index (χ4v) is 4.39. The van der Waals surface area contributed by atoms with E-state index in [1.165, 1.54) is 0 Å². The van der Waals surface area contributed by atoms with E-state index in [9.17, 15) is 5.11 Å². The Hall–Kier alpha value is -3.98. The van der Waals surface area contributed by atoms with E-state index in [1.54, 1.807) is 0 Å². The van der Waals surface area contributed by atoms with Gasteiger partial charge in [-0.3, -0.25) is 0 Å². The topological polar surface area (TPSA) is 45.0 Å². The third-order valence-corrected chi connectivity index (χ3v) is 5.63. The maximum Gasteiger partial charge on any atom is 0.133 e. The predicted octanol–water partition coefficient (Wildman–Crippen LogP) is 5.96. The summed E-state index contributed by atoms with van der Waals surface area (Å²) in [6.45, 7) is 0. The zero-order valence-electron chi connectivity index (χ0n) is 15.5. The van der Waals surface area contributed by atoms with Gasteiger partial charge in [0.25, 0.3) is 0 Å². The summed E-state index contributed by atoms with van der Waals surface area (Å²) in [5, 5.41) is 27.7. The molecule has 0 aromatic heterocycles. The molecule has 0 fully saturated rings. The Labute approximate surface area is 166 Å². The molecule has 0 radical (unpaired) electrons. The van der Waals surface area contributed by atoms with Crippen molar-refractivity contribution in [2.75, 3.05) is 0 Å². The van der Waals surface area contributed by atoms with Crippen molar-refractivity contribution in [3.63, 3.8) is 0 Å². The fourth-order valence-electron chi connectivity index (χ4n) is 4.39. The highest BCUT2D eigenvalue weighted by Crippen LogP contribution is 2.41. The zero-order valence-corrected chi connectivity index (χ0v) is 15.5. The number of phenolic OH excluding ortho intramolecular Hbond substituents is 1. The highest BCUT2D eigenvalue weighted by molar-refractivity contribution is 6.14. The van der Waals surface area contributed by atoms with Crippen LogP contribution in [0.15, 0.2) is 101 Å². The minimum atomic E-state index is 0.266. The van der Waals surface area contributed by atoms with Gasteiger partial charge in [0.2, 0.25) is 0 Å². The molecule has 0 unspecified atom stereocenters. The van der Waals surface area contributed by atoms with Crippen LogP contribution in [0.1, 0.15) is 5.56 Å². The molecule has 1 aliphatic carbocycles. The molecule has 29 heavy (non-hydrogen) atoms. The Morgan fingerprint density at radius 2 is 1.28 bits per heavy atom. The highest BCUT2D eigenvalue weighted by atomic mass is 16.3. The van der Waals surface area contributed by atoms with Crippen molar-refractivity contribution in [3.05, 3.63) is 112 Å². The lowest BCUT2D eigenvalue weighted by Gasteiger charge is -2.11. The van der Waals surface area contributed by atoms with E-state index >= 15 is 0 Å². The molecule has 5 aromatic rings. The number of fused-ring (bicyclic) bond motifs is 3. The predicted molar refractivity (Wildman–Crippen MR) is 116 cm³/mol. The van der Waals surface area contributed by atoms with Crippen molar-refractivity contribution in [1.29, 1.82) is 0 Å². The SMILES string of the molecule is Oc1c2c(c3cccc4cccc1c43)=c1ccccc1=C2N=Nc1ccccc1. The average Bonchev–Trinajstić information content (AvgIpc) is 3.11. The summed E-state index contributed by atoms with van der Waals surface area (Å²) < 4.78 is 0. The first kappa shape index (κ1) is 16.0. The second-order valence-electron chi connectivity index (χ2n) is 7.24. The van der Waals surface area contributed by atoms with Gasteiger partial charge in [0.05, 0.1) is 11.3 Å². The average molecular weight is 372 g/mol. The summed E-state index contributed by atoms with van der Waals surface area (Å²) in [6, 6.07) is 30.2. The maximum absolute atomic E-state index is 11.3. The molecule has 6 rings (SSSR count). The van der Waals surface area contributed by atoms with Gasteiger partial charge in [-0.05, 0) is 28.1 Å². The van der Waals surface area contributed by atoms with E-state index in [0.717, 1.165) is 48.5 Å². The van der Waals surface area contributed by atoms with Crippen LogP contribution in [0, 0.1) is 10.4 Å². The molecule has 0 spiro atoms. The van der Waals surface area contributed by atoms with Crippen molar-refractivity contribution in [2.24, 2.45) is 10.2 Å². The molecule has 1 N–H and O–H groups in total. The smallest absolute Gasteiger partial charge is 0.133 e. The molecule has 0 saturated heterocycles. The fraction of sp³-hybridized carbons (Fsp3) is 0. The minimum Gasteiger partial charge on any atom is -0.507 e. The minimum absolute atomic E-state index is 0.266. The quantitative estimate of drug-likeness (QED) is 0.382. The number of hydrogen-bond donors (Lipinski definition) is 1. The van der Waals surface area contributed by atoms with Crippen molar-refractivity contribution >= 4 is 32.9 Å². The van der Waals surface area contributed by atoms with E-state index in [4.69, 9.17) is 0 Å². The van der Waals surface area contributed by atoms with Crippen LogP contribution in [0.5, 0.6) is 5.75 Å². The van der Waals surface area contributed by atoms with E-state index in [2.05, 4.69) is 40.6 Å². The Balaban J connectivity index is 1.79. The maximum atomic E-state index is 11.3. The number of azo groups is 1. The molecule has 0 bridgehead atoms. The number of nitrogens with zero attached hydrogens (tertiary/aromatic N) is 2. The Bertz CT molecular complexity index is 1600. The van der Waals surface area contributed by atoms with Crippen LogP contribution < -0.4 is 5.22 Å². The van der Waals surface area contributed by atoms with E-state index in [-0.39, 0.29) is 5.75 Å². The normalized spacial score (nSPS) is 12.8. The van der Waals surface area contributed by atoms with Crippen LogP contribution in [0.4, 0.5) is 5.69 Å². The first-order valence-electron chi connectivity index (χ1n) is 9.60. The number of rotatable bonds is 2. The van der Waals surface area contributed by atoms with Crippen LogP contribution in [-0.2, 0) is 0 Å². The molecule has 3 nitrogen and oxygen atoms in total. The van der Waals surface area contributed by atoms with Gasteiger partial charge in [0.1, 0.15) is 11.4 Å². The summed E-state index contributed by atoms with van der Waals surface area (Å²) in [5.74, 6) is 0.266. The first-order chi connectivity index (χ1) is 14.3. The first-order valence-corrected chi connectivity index (χ1v) is 9.60. The molecule has 0 atom stereocenters. The molecular weight excluding hydrogens is 356 g/mol. The van der Waals surface area contributed by atoms with Gasteiger partial charge in [-0.15, -0.1) is 5.11 Å². The molecule has 0 aliphatic heterocycles. The third-order valence-electron chi connectivity index (χ3n) is 5.63. The number of phenols is 1. The second-order valence-corrected chi connectivity index (χ2v) is 7.24. The van der Waals surface area contributed by atoms with E-state index in [1.807, 2.05) is 60.7 Å². The molecule has 0 heterocycles. The Morgan fingerprint density at radius 3 is 2.07 bits per heavy atom. The van der Waals surface area contributed by atoms with Crippen molar-refractivity contribution in [2.45, 2.75) is 0 Å². The van der Waals surface area contributed by atoms with Crippen molar-refractivity contribution < 1.29 is 5.11 Å². The number of hydrogen-bond acceptors (Lipinski definition) is 3.